The zero-order chi connectivity index (χ0) is 15.6. The molecule has 23 heavy (non-hydrogen) atoms. The number of hydrogen-bond acceptors (Lipinski definition) is 4. The highest BCUT2D eigenvalue weighted by atomic mass is 16.2. The van der Waals surface area contributed by atoms with Crippen LogP contribution in [0.2, 0.25) is 0 Å². The molecule has 1 aliphatic rings. The number of aromatic nitrogens is 4. The van der Waals surface area contributed by atoms with Gasteiger partial charge in [-0.05, 0) is 37.5 Å². The highest BCUT2D eigenvalue weighted by molar-refractivity contribution is 5.94. The molecule has 0 N–H and O–H groups in total. The van der Waals surface area contributed by atoms with Crippen molar-refractivity contribution in [3.05, 3.63) is 60.4 Å². The van der Waals surface area contributed by atoms with E-state index in [1.165, 1.54) is 0 Å². The number of nitrogens with zero attached hydrogens (tertiary/aromatic N) is 5. The van der Waals surface area contributed by atoms with Gasteiger partial charge in [0.15, 0.2) is 0 Å². The van der Waals surface area contributed by atoms with Crippen LogP contribution in [0.25, 0.3) is 5.78 Å². The van der Waals surface area contributed by atoms with Crippen LogP contribution >= 0.6 is 0 Å². The van der Waals surface area contributed by atoms with E-state index in [-0.39, 0.29) is 11.9 Å². The lowest BCUT2D eigenvalue weighted by molar-refractivity contribution is 0.0605. The zero-order valence-corrected chi connectivity index (χ0v) is 12.7. The average Bonchev–Trinajstić information content (AvgIpc) is 3.09. The van der Waals surface area contributed by atoms with Crippen LogP contribution in [0.15, 0.2) is 49.2 Å². The van der Waals surface area contributed by atoms with Crippen molar-refractivity contribution in [3.63, 3.8) is 0 Å². The highest BCUT2D eigenvalue weighted by Gasteiger charge is 2.29. The number of hydrogen-bond donors (Lipinski definition) is 0. The second-order valence-corrected chi connectivity index (χ2v) is 5.74. The maximum Gasteiger partial charge on any atom is 0.255 e. The zero-order valence-electron chi connectivity index (χ0n) is 12.7. The van der Waals surface area contributed by atoms with E-state index in [0.29, 0.717) is 11.3 Å². The molecule has 3 aromatic heterocycles. The first-order valence-electron chi connectivity index (χ1n) is 7.83. The fraction of sp³-hybridized carbons (Fsp3) is 0.294. The normalized spacial score (nSPS) is 18.3. The molecule has 4 heterocycles. The predicted octanol–water partition coefficient (Wildman–Crippen LogP) is 2.49. The van der Waals surface area contributed by atoms with Crippen molar-refractivity contribution < 1.29 is 4.79 Å². The molecule has 1 saturated heterocycles. The molecule has 6 nitrogen and oxygen atoms in total. The van der Waals surface area contributed by atoms with Crippen LogP contribution in [-0.4, -0.2) is 36.7 Å². The standard InChI is InChI=1S/C17H17N5O/c23-16(13-4-3-7-18-12-13)22-9-2-1-5-15(22)14-6-10-21-11-8-19-17(21)20-14/h3-4,6-8,10-12,15H,1-2,5,9H2. The van der Waals surface area contributed by atoms with Crippen molar-refractivity contribution in [3.8, 4) is 0 Å². The van der Waals surface area contributed by atoms with Crippen molar-refractivity contribution >= 4 is 11.7 Å². The van der Waals surface area contributed by atoms with Crippen LogP contribution in [0, 0.1) is 0 Å². The number of likely N-dealkylation sites (tertiary alicyclic amines) is 1. The number of carbonyl (C=O) groups is 1. The number of amides is 1. The lowest BCUT2D eigenvalue weighted by Gasteiger charge is -2.35. The first-order valence-corrected chi connectivity index (χ1v) is 7.83. The molecule has 1 fully saturated rings. The largest absolute Gasteiger partial charge is 0.330 e. The minimum atomic E-state index is -0.00171. The van der Waals surface area contributed by atoms with Gasteiger partial charge < -0.3 is 4.90 Å². The van der Waals surface area contributed by atoms with E-state index in [4.69, 9.17) is 0 Å². The molecule has 0 spiro atoms. The Balaban J connectivity index is 1.68. The van der Waals surface area contributed by atoms with Crippen LogP contribution in [0.1, 0.15) is 41.4 Å². The van der Waals surface area contributed by atoms with Gasteiger partial charge in [0.1, 0.15) is 0 Å². The Bertz CT molecular complexity index is 829. The Labute approximate surface area is 133 Å². The SMILES string of the molecule is O=C(c1cccnc1)N1CCCCC1c1ccn2ccnc2n1. The monoisotopic (exact) mass is 307 g/mol. The third-order valence-corrected chi connectivity index (χ3v) is 4.30. The van der Waals surface area contributed by atoms with E-state index in [2.05, 4.69) is 15.0 Å². The summed E-state index contributed by atoms with van der Waals surface area (Å²) in [5.74, 6) is 0.690. The predicted molar refractivity (Wildman–Crippen MR) is 84.9 cm³/mol. The van der Waals surface area contributed by atoms with E-state index >= 15 is 0 Å². The van der Waals surface area contributed by atoms with Crippen molar-refractivity contribution in [1.82, 2.24) is 24.3 Å². The van der Waals surface area contributed by atoms with Gasteiger partial charge in [0.25, 0.3) is 5.91 Å². The molecule has 1 aliphatic heterocycles. The molecule has 6 heteroatoms. The highest BCUT2D eigenvalue weighted by Crippen LogP contribution is 2.31. The van der Waals surface area contributed by atoms with E-state index in [9.17, 15) is 4.79 Å². The molecule has 0 saturated carbocycles. The molecule has 0 aromatic carbocycles. The molecule has 0 radical (unpaired) electrons. The second kappa shape index (κ2) is 5.79. The molecular formula is C17H17N5O. The summed E-state index contributed by atoms with van der Waals surface area (Å²) in [5.41, 5.74) is 1.53. The van der Waals surface area contributed by atoms with Gasteiger partial charge in [-0.25, -0.2) is 9.97 Å². The number of rotatable bonds is 2. The fourth-order valence-corrected chi connectivity index (χ4v) is 3.14. The molecule has 116 valence electrons. The quantitative estimate of drug-likeness (QED) is 0.729. The first-order chi connectivity index (χ1) is 11.3. The van der Waals surface area contributed by atoms with Crippen LogP contribution in [-0.2, 0) is 0 Å². The maximum absolute atomic E-state index is 12.8. The van der Waals surface area contributed by atoms with Crippen molar-refractivity contribution in [1.29, 1.82) is 0 Å². The molecule has 0 aliphatic carbocycles. The van der Waals surface area contributed by atoms with Crippen molar-refractivity contribution in [2.75, 3.05) is 6.54 Å². The molecule has 4 rings (SSSR count). The van der Waals surface area contributed by atoms with Crippen molar-refractivity contribution in [2.24, 2.45) is 0 Å². The Hall–Kier alpha value is -2.76. The van der Waals surface area contributed by atoms with Crippen molar-refractivity contribution in [2.45, 2.75) is 25.3 Å². The molecule has 1 atom stereocenters. The van der Waals surface area contributed by atoms with Gasteiger partial charge in [-0.1, -0.05) is 0 Å². The minimum Gasteiger partial charge on any atom is -0.330 e. The molecule has 0 bridgehead atoms. The van der Waals surface area contributed by atoms with Crippen LogP contribution in [0.4, 0.5) is 0 Å². The maximum atomic E-state index is 12.8. The number of pyridine rings is 1. The molecule has 3 aromatic rings. The average molecular weight is 307 g/mol. The summed E-state index contributed by atoms with van der Waals surface area (Å²) < 4.78 is 1.87. The Morgan fingerprint density at radius 3 is 3.00 bits per heavy atom. The summed E-state index contributed by atoms with van der Waals surface area (Å²) in [4.78, 5) is 27.7. The van der Waals surface area contributed by atoms with Gasteiger partial charge in [-0.2, -0.15) is 0 Å². The van der Waals surface area contributed by atoms with Gasteiger partial charge >= 0.3 is 0 Å². The molecule has 1 amide bonds. The smallest absolute Gasteiger partial charge is 0.255 e. The third-order valence-electron chi connectivity index (χ3n) is 4.30. The van der Waals surface area contributed by atoms with Gasteiger partial charge in [-0.15, -0.1) is 0 Å². The summed E-state index contributed by atoms with van der Waals surface area (Å²) >= 11 is 0. The van der Waals surface area contributed by atoms with Gasteiger partial charge in [0, 0.05) is 37.5 Å². The van der Waals surface area contributed by atoms with Gasteiger partial charge in [0.2, 0.25) is 5.78 Å². The fourth-order valence-electron chi connectivity index (χ4n) is 3.14. The Morgan fingerprint density at radius 1 is 1.17 bits per heavy atom. The first kappa shape index (κ1) is 13.9. The summed E-state index contributed by atoms with van der Waals surface area (Å²) in [6.07, 6.45) is 11.9. The summed E-state index contributed by atoms with van der Waals surface area (Å²) in [5, 5.41) is 0. The third kappa shape index (κ3) is 2.56. The minimum absolute atomic E-state index is 0.00171. The summed E-state index contributed by atoms with van der Waals surface area (Å²) in [7, 11) is 0. The second-order valence-electron chi connectivity index (χ2n) is 5.74. The van der Waals surface area contributed by atoms with Crippen LogP contribution in [0.5, 0.6) is 0 Å². The summed E-state index contributed by atoms with van der Waals surface area (Å²) in [6.45, 7) is 0.750. The molecule has 1 unspecified atom stereocenters. The van der Waals surface area contributed by atoms with E-state index in [1.807, 2.05) is 33.8 Å². The topological polar surface area (TPSA) is 63.4 Å². The van der Waals surface area contributed by atoms with E-state index in [0.717, 1.165) is 31.5 Å². The number of fused-ring (bicyclic) bond motifs is 1. The van der Waals surface area contributed by atoms with Gasteiger partial charge in [-0.3, -0.25) is 14.2 Å². The summed E-state index contributed by atoms with van der Waals surface area (Å²) in [6, 6.07) is 5.58. The van der Waals surface area contributed by atoms with E-state index in [1.54, 1.807) is 24.7 Å². The number of piperidine rings is 1. The number of imidazole rings is 1. The molecular weight excluding hydrogens is 290 g/mol. The van der Waals surface area contributed by atoms with Crippen LogP contribution < -0.4 is 0 Å². The van der Waals surface area contributed by atoms with Gasteiger partial charge in [0.05, 0.1) is 17.3 Å². The lowest BCUT2D eigenvalue weighted by atomic mass is 9.98. The van der Waals surface area contributed by atoms with Crippen LogP contribution in [0.3, 0.4) is 0 Å². The van der Waals surface area contributed by atoms with E-state index < -0.39 is 0 Å². The Morgan fingerprint density at radius 2 is 2.13 bits per heavy atom. The number of carbonyl (C=O) groups excluding carboxylic acids is 1. The lowest BCUT2D eigenvalue weighted by Crippen LogP contribution is -2.39. The Kier molecular flexibility index (Phi) is 3.49.